The summed E-state index contributed by atoms with van der Waals surface area (Å²) in [5.74, 6) is -1.39. The molecule has 3 aromatic rings. The van der Waals surface area contributed by atoms with E-state index in [1.165, 1.54) is 18.3 Å². The first-order valence-corrected chi connectivity index (χ1v) is 8.07. The summed E-state index contributed by atoms with van der Waals surface area (Å²) in [5, 5.41) is 13.1. The molecule has 0 unspecified atom stereocenters. The molecule has 0 radical (unpaired) electrons. The van der Waals surface area contributed by atoms with Crippen LogP contribution in [0.4, 0.5) is 11.4 Å². The quantitative estimate of drug-likeness (QED) is 0.408. The van der Waals surface area contributed by atoms with E-state index in [-0.39, 0.29) is 22.1 Å². The second-order valence-electron chi connectivity index (χ2n) is 5.64. The number of hydrogen-bond acceptors (Lipinski definition) is 6. The monoisotopic (exact) mass is 388 g/mol. The average molecular weight is 389 g/mol. The van der Waals surface area contributed by atoms with E-state index in [0.717, 1.165) is 11.6 Å². The summed E-state index contributed by atoms with van der Waals surface area (Å²) in [7, 11) is 0. The van der Waals surface area contributed by atoms with Crippen molar-refractivity contribution < 1.29 is 19.2 Å². The molecule has 9 nitrogen and oxygen atoms in total. The number of aromatic nitrogens is 2. The van der Waals surface area contributed by atoms with Crippen LogP contribution in [0.25, 0.3) is 5.65 Å². The molecular formula is C17H13ClN4O5. The largest absolute Gasteiger partial charge is 0.451 e. The maximum atomic E-state index is 12.1. The van der Waals surface area contributed by atoms with Crippen molar-refractivity contribution in [3.63, 3.8) is 0 Å². The number of carbonyl (C=O) groups excluding carboxylic acids is 2. The Labute approximate surface area is 157 Å². The van der Waals surface area contributed by atoms with Crippen LogP contribution in [-0.2, 0) is 9.53 Å². The highest BCUT2D eigenvalue weighted by Crippen LogP contribution is 2.26. The van der Waals surface area contributed by atoms with Gasteiger partial charge in [0.15, 0.2) is 12.3 Å². The van der Waals surface area contributed by atoms with Crippen molar-refractivity contribution in [3.05, 3.63) is 69.1 Å². The fourth-order valence-electron chi connectivity index (χ4n) is 2.29. The summed E-state index contributed by atoms with van der Waals surface area (Å²) in [4.78, 5) is 38.2. The van der Waals surface area contributed by atoms with Crippen LogP contribution in [0.5, 0.6) is 0 Å². The van der Waals surface area contributed by atoms with E-state index in [4.69, 9.17) is 16.3 Å². The smallest absolute Gasteiger partial charge is 0.359 e. The van der Waals surface area contributed by atoms with Crippen molar-refractivity contribution in [1.82, 2.24) is 9.38 Å². The molecule has 0 aliphatic rings. The molecule has 27 heavy (non-hydrogen) atoms. The first-order chi connectivity index (χ1) is 12.8. The maximum Gasteiger partial charge on any atom is 0.359 e. The highest BCUT2D eigenvalue weighted by molar-refractivity contribution is 6.34. The zero-order valence-electron chi connectivity index (χ0n) is 14.0. The number of hydrogen-bond donors (Lipinski definition) is 1. The first-order valence-electron chi connectivity index (χ1n) is 7.70. The molecular weight excluding hydrogens is 376 g/mol. The number of carbonyl (C=O) groups is 2. The Morgan fingerprint density at radius 2 is 2.11 bits per heavy atom. The third-order valence-corrected chi connectivity index (χ3v) is 3.91. The van der Waals surface area contributed by atoms with Crippen LogP contribution in [-0.4, -0.2) is 32.8 Å². The molecule has 0 spiro atoms. The van der Waals surface area contributed by atoms with E-state index in [9.17, 15) is 19.7 Å². The van der Waals surface area contributed by atoms with E-state index >= 15 is 0 Å². The van der Waals surface area contributed by atoms with Crippen molar-refractivity contribution in [2.24, 2.45) is 0 Å². The van der Waals surface area contributed by atoms with E-state index in [2.05, 4.69) is 10.3 Å². The summed E-state index contributed by atoms with van der Waals surface area (Å²) in [6.45, 7) is 1.35. The van der Waals surface area contributed by atoms with E-state index < -0.39 is 23.4 Å². The van der Waals surface area contributed by atoms with Gasteiger partial charge in [0.25, 0.3) is 11.6 Å². The summed E-state index contributed by atoms with van der Waals surface area (Å²) >= 11 is 5.89. The number of pyridine rings is 1. The molecule has 0 saturated carbocycles. The molecule has 2 aromatic heterocycles. The highest BCUT2D eigenvalue weighted by atomic mass is 35.5. The topological polar surface area (TPSA) is 116 Å². The number of imidazole rings is 1. The van der Waals surface area contributed by atoms with E-state index in [1.54, 1.807) is 16.7 Å². The molecule has 0 aliphatic heterocycles. The van der Waals surface area contributed by atoms with E-state index in [0.29, 0.717) is 5.65 Å². The van der Waals surface area contributed by atoms with Crippen LogP contribution in [0.1, 0.15) is 16.1 Å². The molecule has 0 fully saturated rings. The lowest BCUT2D eigenvalue weighted by Crippen LogP contribution is -2.21. The van der Waals surface area contributed by atoms with Crippen LogP contribution >= 0.6 is 11.6 Å². The van der Waals surface area contributed by atoms with Crippen LogP contribution in [0.15, 0.2) is 42.7 Å². The second kappa shape index (κ2) is 7.42. The molecule has 10 heteroatoms. The third-order valence-electron chi connectivity index (χ3n) is 3.60. The van der Waals surface area contributed by atoms with Gasteiger partial charge in [-0.1, -0.05) is 11.6 Å². The van der Waals surface area contributed by atoms with Gasteiger partial charge in [-0.05, 0) is 30.7 Å². The van der Waals surface area contributed by atoms with Gasteiger partial charge in [-0.3, -0.25) is 14.9 Å². The minimum atomic E-state index is -0.749. The van der Waals surface area contributed by atoms with Gasteiger partial charge >= 0.3 is 5.97 Å². The highest BCUT2D eigenvalue weighted by Gasteiger charge is 2.16. The number of nitro benzene ring substituents is 1. The number of nitrogens with one attached hydrogen (secondary N) is 1. The Balaban J connectivity index is 1.61. The molecule has 0 bridgehead atoms. The zero-order chi connectivity index (χ0) is 19.6. The Bertz CT molecular complexity index is 1060. The van der Waals surface area contributed by atoms with Crippen LogP contribution in [0.3, 0.4) is 0 Å². The summed E-state index contributed by atoms with van der Waals surface area (Å²) in [5.41, 5.74) is 1.62. The summed E-state index contributed by atoms with van der Waals surface area (Å²) in [6, 6.07) is 7.28. The molecule has 1 amide bonds. The molecule has 1 aromatic carbocycles. The summed E-state index contributed by atoms with van der Waals surface area (Å²) in [6.07, 6.45) is 3.26. The molecule has 0 saturated heterocycles. The van der Waals surface area contributed by atoms with Gasteiger partial charge in [0.2, 0.25) is 0 Å². The Morgan fingerprint density at radius 3 is 2.81 bits per heavy atom. The number of benzene rings is 1. The van der Waals surface area contributed by atoms with Crippen LogP contribution in [0.2, 0.25) is 5.02 Å². The normalized spacial score (nSPS) is 10.6. The lowest BCUT2D eigenvalue weighted by molar-refractivity contribution is -0.384. The fraction of sp³-hybridized carbons (Fsp3) is 0.118. The lowest BCUT2D eigenvalue weighted by Gasteiger charge is -2.07. The molecule has 0 aliphatic carbocycles. The van der Waals surface area contributed by atoms with E-state index in [1.807, 2.05) is 13.0 Å². The number of amides is 1. The average Bonchev–Trinajstić information content (AvgIpc) is 3.04. The number of esters is 1. The van der Waals surface area contributed by atoms with Gasteiger partial charge in [0, 0.05) is 24.5 Å². The first kappa shape index (κ1) is 18.3. The third kappa shape index (κ3) is 4.21. The molecule has 1 N–H and O–H groups in total. The van der Waals surface area contributed by atoms with Gasteiger partial charge in [-0.2, -0.15) is 0 Å². The Kier molecular flexibility index (Phi) is 5.04. The van der Waals surface area contributed by atoms with Gasteiger partial charge < -0.3 is 14.5 Å². The minimum Gasteiger partial charge on any atom is -0.451 e. The van der Waals surface area contributed by atoms with Crippen LogP contribution < -0.4 is 5.32 Å². The van der Waals surface area contributed by atoms with Crippen molar-refractivity contribution in [3.8, 4) is 0 Å². The molecule has 138 valence electrons. The number of nitro groups is 1. The van der Waals surface area contributed by atoms with Gasteiger partial charge in [0.05, 0.1) is 15.6 Å². The minimum absolute atomic E-state index is 0.000373. The molecule has 2 heterocycles. The fourth-order valence-corrected chi connectivity index (χ4v) is 2.51. The van der Waals surface area contributed by atoms with Gasteiger partial charge in [0.1, 0.15) is 5.65 Å². The predicted molar refractivity (Wildman–Crippen MR) is 96.9 cm³/mol. The number of ether oxygens (including phenoxy) is 1. The van der Waals surface area contributed by atoms with Crippen molar-refractivity contribution >= 4 is 40.5 Å². The second-order valence-corrected chi connectivity index (χ2v) is 6.05. The Morgan fingerprint density at radius 1 is 1.33 bits per heavy atom. The molecule has 0 atom stereocenters. The number of anilines is 1. The van der Waals surface area contributed by atoms with Crippen molar-refractivity contribution in [1.29, 1.82) is 0 Å². The number of rotatable bonds is 5. The van der Waals surface area contributed by atoms with Gasteiger partial charge in [-0.25, -0.2) is 9.78 Å². The zero-order valence-corrected chi connectivity index (χ0v) is 14.8. The van der Waals surface area contributed by atoms with Gasteiger partial charge in [-0.15, -0.1) is 0 Å². The SMILES string of the molecule is Cc1ccn2cc(C(=O)OCC(=O)Nc3ccc([N+](=O)[O-])cc3Cl)nc2c1. The van der Waals surface area contributed by atoms with Crippen molar-refractivity contribution in [2.45, 2.75) is 6.92 Å². The maximum absolute atomic E-state index is 12.1. The number of nitrogens with zero attached hydrogens (tertiary/aromatic N) is 3. The number of halogens is 1. The Hall–Kier alpha value is -3.46. The standard InChI is InChI=1S/C17H13ClN4O5/c1-10-4-5-21-8-14(19-15(21)6-10)17(24)27-9-16(23)20-13-3-2-11(22(25)26)7-12(13)18/h2-8H,9H2,1H3,(H,20,23). The molecule has 3 rings (SSSR count). The number of aryl methyl sites for hydroxylation is 1. The predicted octanol–water partition coefficient (Wildman–Crippen LogP) is 3.00. The lowest BCUT2D eigenvalue weighted by atomic mass is 10.3. The number of fused-ring (bicyclic) bond motifs is 1. The van der Waals surface area contributed by atoms with Crippen LogP contribution in [0, 0.1) is 17.0 Å². The number of non-ortho nitro benzene ring substituents is 1. The van der Waals surface area contributed by atoms with Crippen molar-refractivity contribution in [2.75, 3.05) is 11.9 Å². The summed E-state index contributed by atoms with van der Waals surface area (Å²) < 4.78 is 6.61.